The smallest absolute Gasteiger partial charge is 0.319 e. The van der Waals surface area contributed by atoms with Gasteiger partial charge in [-0.2, -0.15) is 8.78 Å². The predicted molar refractivity (Wildman–Crippen MR) is 46.7 cm³/mol. The summed E-state index contributed by atoms with van der Waals surface area (Å²) in [4.78, 5) is 14.3. The summed E-state index contributed by atoms with van der Waals surface area (Å²) in [5.74, 6) is -5.12. The Hall–Kier alpha value is -1.46. The van der Waals surface area contributed by atoms with Crippen LogP contribution >= 0.6 is 0 Å². The first-order valence-corrected chi connectivity index (χ1v) is 4.23. The van der Waals surface area contributed by atoms with E-state index in [-0.39, 0.29) is 5.69 Å². The molecule has 1 aromatic rings. The molecule has 0 aliphatic rings. The monoisotopic (exact) mass is 219 g/mol. The van der Waals surface area contributed by atoms with Crippen molar-refractivity contribution in [1.29, 1.82) is 0 Å². The molecule has 4 nitrogen and oxygen atoms in total. The highest BCUT2D eigenvalue weighted by Gasteiger charge is 2.37. The first-order valence-electron chi connectivity index (χ1n) is 4.23. The molecule has 1 aromatic heterocycles. The molecular formula is C9H11F2NO3. The molecule has 15 heavy (non-hydrogen) atoms. The molecule has 0 saturated carbocycles. The van der Waals surface area contributed by atoms with Crippen LogP contribution in [0.25, 0.3) is 0 Å². The lowest BCUT2D eigenvalue weighted by atomic mass is 9.90. The molecule has 0 radical (unpaired) electrons. The summed E-state index contributed by atoms with van der Waals surface area (Å²) in [6, 6.07) is 0. The van der Waals surface area contributed by atoms with Gasteiger partial charge in [-0.15, -0.1) is 0 Å². The van der Waals surface area contributed by atoms with Crippen molar-refractivity contribution in [3.05, 3.63) is 17.8 Å². The van der Waals surface area contributed by atoms with Crippen LogP contribution in [0.15, 0.2) is 10.7 Å². The second kappa shape index (κ2) is 3.29. The van der Waals surface area contributed by atoms with E-state index in [1.165, 1.54) is 13.8 Å². The van der Waals surface area contributed by atoms with Crippen LogP contribution in [0.2, 0.25) is 0 Å². The van der Waals surface area contributed by atoms with Crippen LogP contribution in [0.3, 0.4) is 0 Å². The summed E-state index contributed by atoms with van der Waals surface area (Å²) >= 11 is 0. The first-order chi connectivity index (χ1) is 6.65. The number of alkyl halides is 2. The van der Waals surface area contributed by atoms with Gasteiger partial charge in [0.2, 0.25) is 0 Å². The third-order valence-corrected chi connectivity index (χ3v) is 2.05. The van der Waals surface area contributed by atoms with E-state index < -0.39 is 23.2 Å². The highest BCUT2D eigenvalue weighted by Crippen LogP contribution is 2.29. The molecule has 1 rings (SSSR count). The number of carboxylic acid groups (broad SMARTS) is 1. The Morgan fingerprint density at radius 3 is 2.33 bits per heavy atom. The van der Waals surface area contributed by atoms with Crippen LogP contribution < -0.4 is 0 Å². The summed E-state index contributed by atoms with van der Waals surface area (Å²) in [5, 5.41) is 8.84. The summed E-state index contributed by atoms with van der Waals surface area (Å²) in [6.45, 7) is 3.37. The number of hydrogen-bond donors (Lipinski definition) is 1. The van der Waals surface area contributed by atoms with Crippen molar-refractivity contribution >= 4 is 5.97 Å². The SMILES string of the molecule is CC(F)(F)c1nc(C(C)(C)C(=O)O)co1. The molecule has 0 aliphatic carbocycles. The lowest BCUT2D eigenvalue weighted by Gasteiger charge is -2.14. The average molecular weight is 219 g/mol. The fraction of sp³-hybridized carbons (Fsp3) is 0.556. The minimum atomic E-state index is -3.20. The lowest BCUT2D eigenvalue weighted by Crippen LogP contribution is -2.29. The number of carboxylic acids is 1. The fourth-order valence-electron chi connectivity index (χ4n) is 0.872. The number of nitrogens with zero attached hydrogens (tertiary/aromatic N) is 1. The van der Waals surface area contributed by atoms with Crippen LogP contribution in [0.5, 0.6) is 0 Å². The number of oxazole rings is 1. The maximum Gasteiger partial charge on any atom is 0.319 e. The van der Waals surface area contributed by atoms with Crippen LogP contribution in [0.1, 0.15) is 32.4 Å². The highest BCUT2D eigenvalue weighted by molar-refractivity contribution is 5.79. The van der Waals surface area contributed by atoms with Gasteiger partial charge in [-0.05, 0) is 13.8 Å². The second-order valence-corrected chi connectivity index (χ2v) is 3.86. The maximum atomic E-state index is 12.8. The third-order valence-electron chi connectivity index (χ3n) is 2.05. The average Bonchev–Trinajstić information content (AvgIpc) is 2.50. The standard InChI is InChI=1S/C9H11F2NO3/c1-8(2,7(13)14)5-4-15-6(12-5)9(3,10)11/h4H,1-3H3,(H,13,14). The molecule has 1 N–H and O–H groups in total. The molecule has 0 aromatic carbocycles. The van der Waals surface area contributed by atoms with E-state index in [1.807, 2.05) is 0 Å². The third kappa shape index (κ3) is 2.14. The maximum absolute atomic E-state index is 12.8. The van der Waals surface area contributed by atoms with Gasteiger partial charge in [-0.25, -0.2) is 4.98 Å². The van der Waals surface area contributed by atoms with Crippen molar-refractivity contribution in [2.24, 2.45) is 0 Å². The Balaban J connectivity index is 3.10. The number of hydrogen-bond acceptors (Lipinski definition) is 3. The van der Waals surface area contributed by atoms with Crippen molar-refractivity contribution in [1.82, 2.24) is 4.98 Å². The Kier molecular flexibility index (Phi) is 2.54. The first kappa shape index (κ1) is 11.6. The van der Waals surface area contributed by atoms with Crippen LogP contribution in [0.4, 0.5) is 8.78 Å². The van der Waals surface area contributed by atoms with Crippen molar-refractivity contribution in [3.8, 4) is 0 Å². The Morgan fingerprint density at radius 1 is 1.47 bits per heavy atom. The molecule has 0 spiro atoms. The molecule has 0 bridgehead atoms. The molecule has 0 aliphatic heterocycles. The topological polar surface area (TPSA) is 63.3 Å². The number of aromatic nitrogens is 1. The van der Waals surface area contributed by atoms with Crippen LogP contribution in [0, 0.1) is 0 Å². The molecule has 1 heterocycles. The number of halogens is 2. The van der Waals surface area contributed by atoms with E-state index in [1.54, 1.807) is 0 Å². The summed E-state index contributed by atoms with van der Waals surface area (Å²) in [5.41, 5.74) is -1.36. The summed E-state index contributed by atoms with van der Waals surface area (Å²) in [7, 11) is 0. The molecule has 84 valence electrons. The Labute approximate surface area is 84.9 Å². The summed E-state index contributed by atoms with van der Waals surface area (Å²) < 4.78 is 30.0. The van der Waals surface area contributed by atoms with Gasteiger partial charge >= 0.3 is 11.9 Å². The van der Waals surface area contributed by atoms with Gasteiger partial charge in [-0.1, -0.05) is 0 Å². The van der Waals surface area contributed by atoms with Gasteiger partial charge < -0.3 is 9.52 Å². The van der Waals surface area contributed by atoms with E-state index in [9.17, 15) is 13.6 Å². The van der Waals surface area contributed by atoms with Crippen molar-refractivity contribution in [2.75, 3.05) is 0 Å². The van der Waals surface area contributed by atoms with Gasteiger partial charge in [-0.3, -0.25) is 4.79 Å². The number of carbonyl (C=O) groups is 1. The second-order valence-electron chi connectivity index (χ2n) is 3.86. The van der Waals surface area contributed by atoms with Gasteiger partial charge in [0.05, 0.1) is 5.69 Å². The van der Waals surface area contributed by atoms with Gasteiger partial charge in [0.25, 0.3) is 5.89 Å². The van der Waals surface area contributed by atoms with Crippen molar-refractivity contribution < 1.29 is 23.1 Å². The quantitative estimate of drug-likeness (QED) is 0.845. The Bertz CT molecular complexity index is 379. The lowest BCUT2D eigenvalue weighted by molar-refractivity contribution is -0.142. The zero-order valence-corrected chi connectivity index (χ0v) is 8.54. The largest absolute Gasteiger partial charge is 0.481 e. The molecule has 0 atom stereocenters. The zero-order chi connectivity index (χ0) is 11.9. The normalized spacial score (nSPS) is 12.9. The van der Waals surface area contributed by atoms with Gasteiger partial charge in [0.15, 0.2) is 0 Å². The van der Waals surface area contributed by atoms with Gasteiger partial charge in [0.1, 0.15) is 11.7 Å². The van der Waals surface area contributed by atoms with Crippen LogP contribution in [-0.4, -0.2) is 16.1 Å². The summed E-state index contributed by atoms with van der Waals surface area (Å²) in [6.07, 6.45) is 0.945. The van der Waals surface area contributed by atoms with Crippen LogP contribution in [-0.2, 0) is 16.1 Å². The number of aliphatic carboxylic acids is 1. The molecule has 6 heteroatoms. The molecule has 0 fully saturated rings. The van der Waals surface area contributed by atoms with Crippen molar-refractivity contribution in [2.45, 2.75) is 32.1 Å². The van der Waals surface area contributed by atoms with E-state index in [2.05, 4.69) is 9.40 Å². The minimum absolute atomic E-state index is 0.0217. The predicted octanol–water partition coefficient (Wildman–Crippen LogP) is 2.15. The van der Waals surface area contributed by atoms with E-state index in [0.29, 0.717) is 6.92 Å². The molecule has 0 unspecified atom stereocenters. The fourth-order valence-corrected chi connectivity index (χ4v) is 0.872. The number of rotatable bonds is 3. The highest BCUT2D eigenvalue weighted by atomic mass is 19.3. The van der Waals surface area contributed by atoms with Crippen molar-refractivity contribution in [3.63, 3.8) is 0 Å². The van der Waals surface area contributed by atoms with E-state index in [0.717, 1.165) is 6.26 Å². The molecule has 0 saturated heterocycles. The molecule has 0 amide bonds. The zero-order valence-electron chi connectivity index (χ0n) is 8.54. The van der Waals surface area contributed by atoms with E-state index >= 15 is 0 Å². The Morgan fingerprint density at radius 2 is 2.00 bits per heavy atom. The van der Waals surface area contributed by atoms with Gasteiger partial charge in [0, 0.05) is 6.92 Å². The van der Waals surface area contributed by atoms with E-state index in [4.69, 9.17) is 5.11 Å². The molecular weight excluding hydrogens is 208 g/mol. The minimum Gasteiger partial charge on any atom is -0.481 e.